The molecule has 0 spiro atoms. The summed E-state index contributed by atoms with van der Waals surface area (Å²) in [6.45, 7) is 0.653. The number of methoxy groups -OCH3 is 1. The Morgan fingerprint density at radius 1 is 1.67 bits per heavy atom. The predicted molar refractivity (Wildman–Crippen MR) is 67.4 cm³/mol. The second-order valence-electron chi connectivity index (χ2n) is 4.40. The summed E-state index contributed by atoms with van der Waals surface area (Å²) < 4.78 is 5.22. The van der Waals surface area contributed by atoms with Gasteiger partial charge in [-0.1, -0.05) is 11.2 Å². The number of hydrogen-bond acceptors (Lipinski definition) is 5. The minimum absolute atomic E-state index is 0.0378. The summed E-state index contributed by atoms with van der Waals surface area (Å²) in [5, 5.41) is 15.1. The van der Waals surface area contributed by atoms with Crippen LogP contribution in [0.5, 0.6) is 0 Å². The van der Waals surface area contributed by atoms with Crippen molar-refractivity contribution in [1.29, 1.82) is 0 Å². The summed E-state index contributed by atoms with van der Waals surface area (Å²) in [6, 6.07) is 4.22. The van der Waals surface area contributed by atoms with E-state index in [-0.39, 0.29) is 5.84 Å². The zero-order chi connectivity index (χ0) is 13.0. The molecular formula is C12H18N4O2. The molecule has 6 nitrogen and oxygen atoms in total. The van der Waals surface area contributed by atoms with Crippen molar-refractivity contribution in [3.8, 4) is 0 Å². The van der Waals surface area contributed by atoms with Crippen molar-refractivity contribution in [2.75, 3.05) is 7.11 Å². The summed E-state index contributed by atoms with van der Waals surface area (Å²) >= 11 is 0. The molecule has 6 heteroatoms. The molecule has 0 unspecified atom stereocenters. The maximum Gasteiger partial charge on any atom is 0.189 e. The van der Waals surface area contributed by atoms with Crippen molar-refractivity contribution in [1.82, 2.24) is 10.3 Å². The molecule has 0 saturated heterocycles. The topological polar surface area (TPSA) is 92.8 Å². The van der Waals surface area contributed by atoms with E-state index in [1.165, 1.54) is 0 Å². The molecule has 0 amide bonds. The van der Waals surface area contributed by atoms with E-state index >= 15 is 0 Å². The van der Waals surface area contributed by atoms with Gasteiger partial charge in [0.1, 0.15) is 5.69 Å². The largest absolute Gasteiger partial charge is 0.409 e. The van der Waals surface area contributed by atoms with Crippen LogP contribution in [0.3, 0.4) is 0 Å². The van der Waals surface area contributed by atoms with Crippen LogP contribution < -0.4 is 11.1 Å². The van der Waals surface area contributed by atoms with Gasteiger partial charge in [0.2, 0.25) is 0 Å². The van der Waals surface area contributed by atoms with E-state index in [0.717, 1.165) is 18.4 Å². The Balaban J connectivity index is 1.93. The van der Waals surface area contributed by atoms with Crippen LogP contribution in [0, 0.1) is 0 Å². The van der Waals surface area contributed by atoms with E-state index in [1.807, 2.05) is 12.1 Å². The second-order valence-corrected chi connectivity index (χ2v) is 4.40. The molecule has 1 saturated carbocycles. The molecule has 1 aromatic rings. The van der Waals surface area contributed by atoms with Crippen molar-refractivity contribution < 1.29 is 9.94 Å². The van der Waals surface area contributed by atoms with Gasteiger partial charge < -0.3 is 21.0 Å². The molecule has 1 aliphatic carbocycles. The third-order valence-corrected chi connectivity index (χ3v) is 3.25. The standard InChI is InChI=1S/C12H18N4O2/c1-18-10-5-9(6-10)15-7-8-3-2-4-14-11(8)12(13)16-17/h2-4,9-10,15,17H,5-7H2,1H3,(H2,13,16). The fourth-order valence-corrected chi connectivity index (χ4v) is 2.04. The van der Waals surface area contributed by atoms with E-state index in [0.29, 0.717) is 24.4 Å². The van der Waals surface area contributed by atoms with Crippen molar-refractivity contribution in [3.63, 3.8) is 0 Å². The first-order valence-corrected chi connectivity index (χ1v) is 5.92. The Labute approximate surface area is 106 Å². The van der Waals surface area contributed by atoms with Crippen LogP contribution in [0.25, 0.3) is 0 Å². The van der Waals surface area contributed by atoms with Gasteiger partial charge in [-0.2, -0.15) is 0 Å². The fourth-order valence-electron chi connectivity index (χ4n) is 2.04. The van der Waals surface area contributed by atoms with Gasteiger partial charge in [0.15, 0.2) is 5.84 Å². The Morgan fingerprint density at radius 2 is 2.44 bits per heavy atom. The summed E-state index contributed by atoms with van der Waals surface area (Å²) in [6.07, 6.45) is 4.05. The maximum atomic E-state index is 8.70. The summed E-state index contributed by atoms with van der Waals surface area (Å²) in [5.41, 5.74) is 7.03. The molecule has 2 rings (SSSR count). The number of pyridine rings is 1. The molecule has 0 aromatic carbocycles. The zero-order valence-corrected chi connectivity index (χ0v) is 10.3. The number of amidine groups is 1. The van der Waals surface area contributed by atoms with E-state index < -0.39 is 0 Å². The molecular weight excluding hydrogens is 232 g/mol. The molecule has 4 N–H and O–H groups in total. The monoisotopic (exact) mass is 250 g/mol. The minimum atomic E-state index is 0.0378. The van der Waals surface area contributed by atoms with Crippen LogP contribution in [0.4, 0.5) is 0 Å². The molecule has 1 aromatic heterocycles. The highest BCUT2D eigenvalue weighted by Crippen LogP contribution is 2.22. The first kappa shape index (κ1) is 12.8. The first-order chi connectivity index (χ1) is 8.74. The van der Waals surface area contributed by atoms with Crippen LogP contribution in [-0.4, -0.2) is 35.3 Å². The summed E-state index contributed by atoms with van der Waals surface area (Å²) in [4.78, 5) is 4.12. The lowest BCUT2D eigenvalue weighted by Crippen LogP contribution is -2.44. The molecule has 0 bridgehead atoms. The van der Waals surface area contributed by atoms with Gasteiger partial charge in [-0.15, -0.1) is 0 Å². The lowest BCUT2D eigenvalue weighted by molar-refractivity contribution is 0.0170. The highest BCUT2D eigenvalue weighted by molar-refractivity contribution is 5.96. The van der Waals surface area contributed by atoms with Crippen LogP contribution in [0.1, 0.15) is 24.1 Å². The fraction of sp³-hybridized carbons (Fsp3) is 0.500. The van der Waals surface area contributed by atoms with Gasteiger partial charge in [0, 0.05) is 25.9 Å². The Bertz CT molecular complexity index is 430. The smallest absolute Gasteiger partial charge is 0.189 e. The third kappa shape index (κ3) is 2.77. The average Bonchev–Trinajstić information content (AvgIpc) is 2.37. The predicted octanol–water partition coefficient (Wildman–Crippen LogP) is 0.443. The van der Waals surface area contributed by atoms with E-state index in [9.17, 15) is 0 Å². The molecule has 18 heavy (non-hydrogen) atoms. The molecule has 0 atom stereocenters. The van der Waals surface area contributed by atoms with Crippen LogP contribution in [-0.2, 0) is 11.3 Å². The SMILES string of the molecule is COC1CC(NCc2cccnc2/C(N)=N/O)C1. The lowest BCUT2D eigenvalue weighted by Gasteiger charge is -2.34. The minimum Gasteiger partial charge on any atom is -0.409 e. The van der Waals surface area contributed by atoms with Crippen LogP contribution in [0.15, 0.2) is 23.5 Å². The van der Waals surface area contributed by atoms with Crippen molar-refractivity contribution in [3.05, 3.63) is 29.6 Å². The van der Waals surface area contributed by atoms with Crippen molar-refractivity contribution in [2.24, 2.45) is 10.9 Å². The van der Waals surface area contributed by atoms with E-state index in [1.54, 1.807) is 13.3 Å². The molecule has 1 aliphatic rings. The highest BCUT2D eigenvalue weighted by atomic mass is 16.5. The Kier molecular flexibility index (Phi) is 4.11. The normalized spacial score (nSPS) is 23.7. The average molecular weight is 250 g/mol. The quantitative estimate of drug-likeness (QED) is 0.305. The molecule has 0 radical (unpaired) electrons. The summed E-state index contributed by atoms with van der Waals surface area (Å²) in [7, 11) is 1.73. The van der Waals surface area contributed by atoms with Crippen LogP contribution in [0.2, 0.25) is 0 Å². The van der Waals surface area contributed by atoms with Crippen LogP contribution >= 0.6 is 0 Å². The van der Waals surface area contributed by atoms with Crippen molar-refractivity contribution >= 4 is 5.84 Å². The van der Waals surface area contributed by atoms with Crippen molar-refractivity contribution in [2.45, 2.75) is 31.5 Å². The third-order valence-electron chi connectivity index (χ3n) is 3.25. The number of ether oxygens (including phenoxy) is 1. The number of nitrogens with two attached hydrogens (primary N) is 1. The number of nitrogens with zero attached hydrogens (tertiary/aromatic N) is 2. The van der Waals surface area contributed by atoms with E-state index in [2.05, 4.69) is 15.5 Å². The Morgan fingerprint density at radius 3 is 3.11 bits per heavy atom. The highest BCUT2D eigenvalue weighted by Gasteiger charge is 2.28. The second kappa shape index (κ2) is 5.79. The lowest BCUT2D eigenvalue weighted by atomic mass is 9.89. The summed E-state index contributed by atoms with van der Waals surface area (Å²) in [5.74, 6) is 0.0378. The number of nitrogens with one attached hydrogen (secondary N) is 1. The zero-order valence-electron chi connectivity index (χ0n) is 10.3. The number of aromatic nitrogens is 1. The number of oxime groups is 1. The Hall–Kier alpha value is -1.66. The van der Waals surface area contributed by atoms with Gasteiger partial charge in [-0.3, -0.25) is 4.98 Å². The van der Waals surface area contributed by atoms with Gasteiger partial charge >= 0.3 is 0 Å². The van der Waals surface area contributed by atoms with Gasteiger partial charge in [0.05, 0.1) is 6.10 Å². The van der Waals surface area contributed by atoms with Gasteiger partial charge in [0.25, 0.3) is 0 Å². The number of rotatable bonds is 5. The molecule has 1 fully saturated rings. The molecule has 0 aliphatic heterocycles. The van der Waals surface area contributed by atoms with Gasteiger partial charge in [-0.25, -0.2) is 0 Å². The molecule has 98 valence electrons. The number of hydrogen-bond donors (Lipinski definition) is 3. The molecule has 1 heterocycles. The first-order valence-electron chi connectivity index (χ1n) is 5.92. The van der Waals surface area contributed by atoms with Gasteiger partial charge in [-0.05, 0) is 24.5 Å². The van der Waals surface area contributed by atoms with E-state index in [4.69, 9.17) is 15.7 Å². The maximum absolute atomic E-state index is 8.70.